The molecule has 0 spiro atoms. The molecule has 2 fully saturated rings. The number of thiazole rings is 1. The fraction of sp³-hybridized carbons (Fsp3) is 0.733. The van der Waals surface area contributed by atoms with Crippen LogP contribution in [-0.4, -0.2) is 23.0 Å². The van der Waals surface area contributed by atoms with Crippen LogP contribution < -0.4 is 16.4 Å². The summed E-state index contributed by atoms with van der Waals surface area (Å²) in [5, 5.41) is 7.25. The highest BCUT2D eigenvalue weighted by molar-refractivity contribution is 7.18. The third-order valence-electron chi connectivity index (χ3n) is 4.44. The van der Waals surface area contributed by atoms with Gasteiger partial charge in [-0.05, 0) is 31.6 Å². The summed E-state index contributed by atoms with van der Waals surface area (Å²) < 4.78 is 0. The molecule has 6 heteroatoms. The van der Waals surface area contributed by atoms with Crippen LogP contribution >= 0.6 is 11.3 Å². The molecule has 3 rings (SSSR count). The van der Waals surface area contributed by atoms with Crippen LogP contribution in [-0.2, 0) is 0 Å². The number of aromatic nitrogens is 1. The van der Waals surface area contributed by atoms with Crippen LogP contribution in [0.2, 0.25) is 0 Å². The van der Waals surface area contributed by atoms with Crippen molar-refractivity contribution >= 4 is 28.2 Å². The summed E-state index contributed by atoms with van der Waals surface area (Å²) in [4.78, 5) is 17.3. The van der Waals surface area contributed by atoms with Crippen LogP contribution in [0.5, 0.6) is 0 Å². The normalized spacial score (nSPS) is 26.1. The molecule has 1 aromatic rings. The Kier molecular flexibility index (Phi) is 4.33. The molecule has 116 valence electrons. The lowest BCUT2D eigenvalue weighted by atomic mass is 9.97. The first-order valence-electron chi connectivity index (χ1n) is 7.97. The molecule has 2 unspecified atom stereocenters. The van der Waals surface area contributed by atoms with Crippen molar-refractivity contribution in [2.24, 2.45) is 5.92 Å². The molecule has 1 aromatic heterocycles. The van der Waals surface area contributed by atoms with Crippen molar-refractivity contribution in [2.45, 2.75) is 64.0 Å². The number of carbonyl (C=O) groups is 1. The smallest absolute Gasteiger partial charge is 0.265 e. The van der Waals surface area contributed by atoms with Crippen LogP contribution in [0.4, 0.5) is 10.9 Å². The standard InChI is InChI=1S/C15H24N4OS/c1-9-5-3-2-4-6-11(9)18-14(20)12-13(16)19-15(21-12)17-10-7-8-10/h9-11H,2-8,16H2,1H3,(H,17,19)(H,18,20). The SMILES string of the molecule is CC1CCCCCC1NC(=O)c1sc(NC2CC2)nc1N. The molecule has 0 bridgehead atoms. The van der Waals surface area contributed by atoms with Crippen LogP contribution in [0.25, 0.3) is 0 Å². The number of nitrogens with one attached hydrogen (secondary N) is 2. The molecule has 0 radical (unpaired) electrons. The van der Waals surface area contributed by atoms with Crippen molar-refractivity contribution in [3.05, 3.63) is 4.88 Å². The summed E-state index contributed by atoms with van der Waals surface area (Å²) in [5.41, 5.74) is 5.91. The van der Waals surface area contributed by atoms with E-state index in [2.05, 4.69) is 22.5 Å². The van der Waals surface area contributed by atoms with E-state index in [0.29, 0.717) is 22.7 Å². The third kappa shape index (κ3) is 3.67. The fourth-order valence-electron chi connectivity index (χ4n) is 2.90. The van der Waals surface area contributed by atoms with Crippen molar-refractivity contribution in [3.8, 4) is 0 Å². The van der Waals surface area contributed by atoms with Gasteiger partial charge < -0.3 is 16.4 Å². The maximum absolute atomic E-state index is 12.5. The van der Waals surface area contributed by atoms with Gasteiger partial charge in [0.05, 0.1) is 0 Å². The van der Waals surface area contributed by atoms with Gasteiger partial charge in [-0.3, -0.25) is 4.79 Å². The highest BCUT2D eigenvalue weighted by Gasteiger charge is 2.26. The Balaban J connectivity index is 1.64. The van der Waals surface area contributed by atoms with Crippen LogP contribution in [0.1, 0.15) is 61.5 Å². The third-order valence-corrected chi connectivity index (χ3v) is 5.44. The zero-order valence-corrected chi connectivity index (χ0v) is 13.3. The van der Waals surface area contributed by atoms with E-state index < -0.39 is 0 Å². The molecule has 2 atom stereocenters. The molecule has 1 heterocycles. The molecule has 0 saturated heterocycles. The number of nitrogen functional groups attached to an aromatic ring is 1. The number of nitrogens with two attached hydrogens (primary N) is 1. The maximum Gasteiger partial charge on any atom is 0.265 e. The van der Waals surface area contributed by atoms with Gasteiger partial charge in [-0.2, -0.15) is 0 Å². The average molecular weight is 308 g/mol. The van der Waals surface area contributed by atoms with Crippen molar-refractivity contribution < 1.29 is 4.79 Å². The van der Waals surface area contributed by atoms with Crippen molar-refractivity contribution in [1.82, 2.24) is 10.3 Å². The highest BCUT2D eigenvalue weighted by atomic mass is 32.1. The van der Waals surface area contributed by atoms with Gasteiger partial charge in [0.2, 0.25) is 0 Å². The Bertz CT molecular complexity index is 512. The number of anilines is 2. The lowest BCUT2D eigenvalue weighted by molar-refractivity contribution is 0.0926. The van der Waals surface area contributed by atoms with Gasteiger partial charge >= 0.3 is 0 Å². The first-order chi connectivity index (χ1) is 10.1. The van der Waals surface area contributed by atoms with Gasteiger partial charge in [-0.25, -0.2) is 4.98 Å². The summed E-state index contributed by atoms with van der Waals surface area (Å²) >= 11 is 1.37. The van der Waals surface area contributed by atoms with Gasteiger partial charge in [0.1, 0.15) is 10.7 Å². The number of carbonyl (C=O) groups excluding carboxylic acids is 1. The number of hydrogen-bond acceptors (Lipinski definition) is 5. The number of rotatable bonds is 4. The Morgan fingerprint density at radius 1 is 1.24 bits per heavy atom. The first-order valence-corrected chi connectivity index (χ1v) is 8.79. The monoisotopic (exact) mass is 308 g/mol. The van der Waals surface area contributed by atoms with Crippen molar-refractivity contribution in [1.29, 1.82) is 0 Å². The summed E-state index contributed by atoms with van der Waals surface area (Å²) in [5.74, 6) is 0.823. The Morgan fingerprint density at radius 3 is 2.76 bits per heavy atom. The number of nitrogens with zero attached hydrogens (tertiary/aromatic N) is 1. The summed E-state index contributed by atoms with van der Waals surface area (Å²) in [7, 11) is 0. The van der Waals surface area contributed by atoms with E-state index in [4.69, 9.17) is 5.73 Å². The molecule has 2 saturated carbocycles. The van der Waals surface area contributed by atoms with E-state index in [-0.39, 0.29) is 11.9 Å². The molecular formula is C15H24N4OS. The van der Waals surface area contributed by atoms with E-state index in [1.807, 2.05) is 0 Å². The minimum Gasteiger partial charge on any atom is -0.382 e. The average Bonchev–Trinajstić information content (AvgIpc) is 3.20. The Morgan fingerprint density at radius 2 is 2.00 bits per heavy atom. The zero-order valence-electron chi connectivity index (χ0n) is 12.5. The molecule has 0 aliphatic heterocycles. The second-order valence-corrected chi connectivity index (χ2v) is 7.35. The van der Waals surface area contributed by atoms with Crippen LogP contribution in [0.3, 0.4) is 0 Å². The van der Waals surface area contributed by atoms with E-state index in [1.54, 1.807) is 0 Å². The second kappa shape index (κ2) is 6.22. The molecule has 0 aromatic carbocycles. The summed E-state index contributed by atoms with van der Waals surface area (Å²) in [6, 6.07) is 0.787. The molecule has 21 heavy (non-hydrogen) atoms. The summed E-state index contributed by atoms with van der Waals surface area (Å²) in [6.07, 6.45) is 8.36. The van der Waals surface area contributed by atoms with Crippen molar-refractivity contribution in [2.75, 3.05) is 11.1 Å². The van der Waals surface area contributed by atoms with Gasteiger partial charge in [-0.1, -0.05) is 37.5 Å². The van der Waals surface area contributed by atoms with Crippen LogP contribution in [0, 0.1) is 5.92 Å². The molecule has 2 aliphatic carbocycles. The topological polar surface area (TPSA) is 80.0 Å². The molecular weight excluding hydrogens is 284 g/mol. The predicted octanol–water partition coefficient (Wildman–Crippen LogP) is 3.00. The van der Waals surface area contributed by atoms with Crippen LogP contribution in [0.15, 0.2) is 0 Å². The van der Waals surface area contributed by atoms with E-state index in [0.717, 1.165) is 11.6 Å². The Labute approximate surface area is 129 Å². The quantitative estimate of drug-likeness (QED) is 0.747. The second-order valence-electron chi connectivity index (χ2n) is 6.35. The van der Waals surface area contributed by atoms with Gasteiger partial charge in [-0.15, -0.1) is 0 Å². The minimum absolute atomic E-state index is 0.0624. The highest BCUT2D eigenvalue weighted by Crippen LogP contribution is 2.31. The zero-order chi connectivity index (χ0) is 14.8. The lowest BCUT2D eigenvalue weighted by Crippen LogP contribution is -2.38. The number of amides is 1. The minimum atomic E-state index is -0.0624. The van der Waals surface area contributed by atoms with E-state index in [1.165, 1.54) is 49.9 Å². The molecule has 5 nitrogen and oxygen atoms in total. The first kappa shape index (κ1) is 14.6. The molecule has 4 N–H and O–H groups in total. The molecule has 1 amide bonds. The number of hydrogen-bond donors (Lipinski definition) is 3. The van der Waals surface area contributed by atoms with Gasteiger partial charge in [0.15, 0.2) is 5.13 Å². The van der Waals surface area contributed by atoms with Crippen molar-refractivity contribution in [3.63, 3.8) is 0 Å². The predicted molar refractivity (Wildman–Crippen MR) is 86.7 cm³/mol. The summed E-state index contributed by atoms with van der Waals surface area (Å²) in [6.45, 7) is 2.23. The fourth-order valence-corrected chi connectivity index (χ4v) is 3.76. The van der Waals surface area contributed by atoms with E-state index >= 15 is 0 Å². The lowest BCUT2D eigenvalue weighted by Gasteiger charge is -2.22. The van der Waals surface area contributed by atoms with E-state index in [9.17, 15) is 4.79 Å². The maximum atomic E-state index is 12.5. The molecule has 2 aliphatic rings. The van der Waals surface area contributed by atoms with Gasteiger partial charge in [0, 0.05) is 12.1 Å². The Hall–Kier alpha value is -1.30. The largest absolute Gasteiger partial charge is 0.382 e. The van der Waals surface area contributed by atoms with Gasteiger partial charge in [0.25, 0.3) is 5.91 Å².